The fraction of sp³-hybridized carbons (Fsp3) is 0.188. The number of rotatable bonds is 2. The zero-order valence-electron chi connectivity index (χ0n) is 13.4. The summed E-state index contributed by atoms with van der Waals surface area (Å²) < 4.78 is 10.3. The van der Waals surface area contributed by atoms with Gasteiger partial charge < -0.3 is 1.43 Å². The topological polar surface area (TPSA) is 34.1 Å². The molecule has 0 aliphatic heterocycles. The van der Waals surface area contributed by atoms with Crippen LogP contribution in [0.3, 0.4) is 0 Å². The van der Waals surface area contributed by atoms with Gasteiger partial charge in [0.05, 0.1) is 5.30 Å². The standard InChI is InChI=1S/C9H12.C7H5O2P.Na.H/c1-7-4-8(2)6-9(3)5-7;8-5-6-3-1-2-4-7(6)10-9;;/h4-6H,1-3H3;1-5H;;/q;;+1;-1. The number of carbonyl (C=O) groups is 1. The van der Waals surface area contributed by atoms with Gasteiger partial charge in [-0.3, -0.25) is 9.36 Å². The summed E-state index contributed by atoms with van der Waals surface area (Å²) in [6, 6.07) is 13.3. The Morgan fingerprint density at radius 2 is 1.40 bits per heavy atom. The molecule has 0 spiro atoms. The van der Waals surface area contributed by atoms with Crippen molar-refractivity contribution >= 4 is 20.1 Å². The van der Waals surface area contributed by atoms with E-state index in [9.17, 15) is 9.36 Å². The van der Waals surface area contributed by atoms with E-state index in [1.54, 1.807) is 24.3 Å². The molecule has 2 rings (SSSR count). The molecule has 0 saturated heterocycles. The van der Waals surface area contributed by atoms with E-state index in [-0.39, 0.29) is 39.4 Å². The van der Waals surface area contributed by atoms with Crippen LogP contribution in [0.25, 0.3) is 0 Å². The van der Waals surface area contributed by atoms with Crippen molar-refractivity contribution in [3.63, 3.8) is 0 Å². The van der Waals surface area contributed by atoms with Gasteiger partial charge in [0.25, 0.3) is 0 Å². The second-order valence-electron chi connectivity index (χ2n) is 4.43. The molecule has 0 saturated carbocycles. The van der Waals surface area contributed by atoms with Crippen LogP contribution in [0.1, 0.15) is 28.5 Å². The fourth-order valence-electron chi connectivity index (χ4n) is 1.87. The first kappa shape index (κ1) is 19.2. The van der Waals surface area contributed by atoms with E-state index < -0.39 is 0 Å². The number of carbonyl (C=O) groups excluding carboxylic acids is 1. The molecule has 2 nitrogen and oxygen atoms in total. The first-order valence-corrected chi connectivity index (χ1v) is 6.80. The van der Waals surface area contributed by atoms with Crippen LogP contribution >= 0.6 is 8.46 Å². The Balaban J connectivity index is 0. The fourth-order valence-corrected chi connectivity index (χ4v) is 2.25. The predicted octanol–water partition coefficient (Wildman–Crippen LogP) is 1.14. The van der Waals surface area contributed by atoms with E-state index in [1.165, 1.54) is 16.7 Å². The molecule has 0 aliphatic rings. The minimum Gasteiger partial charge on any atom is -1.00 e. The largest absolute Gasteiger partial charge is 1.00 e. The minimum absolute atomic E-state index is 0. The van der Waals surface area contributed by atoms with Gasteiger partial charge >= 0.3 is 29.6 Å². The maximum atomic E-state index is 10.3. The zero-order chi connectivity index (χ0) is 14.3. The summed E-state index contributed by atoms with van der Waals surface area (Å²) in [6.07, 6.45) is 0.695. The quantitative estimate of drug-likeness (QED) is 0.473. The van der Waals surface area contributed by atoms with Crippen molar-refractivity contribution in [1.29, 1.82) is 0 Å². The van der Waals surface area contributed by atoms with E-state index in [0.717, 1.165) is 0 Å². The second-order valence-corrected chi connectivity index (χ2v) is 5.10. The van der Waals surface area contributed by atoms with Crippen LogP contribution in [0.15, 0.2) is 42.5 Å². The van der Waals surface area contributed by atoms with Gasteiger partial charge in [-0.2, -0.15) is 0 Å². The molecule has 0 fully saturated rings. The Labute approximate surface area is 145 Å². The van der Waals surface area contributed by atoms with Gasteiger partial charge in [0.1, 0.15) is 0 Å². The van der Waals surface area contributed by atoms with Crippen molar-refractivity contribution in [2.45, 2.75) is 20.8 Å². The van der Waals surface area contributed by atoms with E-state index in [0.29, 0.717) is 17.2 Å². The molecule has 4 heteroatoms. The van der Waals surface area contributed by atoms with Gasteiger partial charge in [0.15, 0.2) is 14.7 Å². The Morgan fingerprint density at radius 3 is 1.75 bits per heavy atom. The van der Waals surface area contributed by atoms with Gasteiger partial charge in [0, 0.05) is 5.56 Å². The first-order chi connectivity index (χ1) is 9.06. The van der Waals surface area contributed by atoms with Crippen molar-refractivity contribution in [1.82, 2.24) is 0 Å². The van der Waals surface area contributed by atoms with Gasteiger partial charge in [-0.15, -0.1) is 0 Å². The molecule has 0 radical (unpaired) electrons. The molecule has 0 aromatic heterocycles. The molecule has 100 valence electrons. The van der Waals surface area contributed by atoms with Gasteiger partial charge in [0.2, 0.25) is 0 Å². The molecule has 0 aliphatic carbocycles. The van der Waals surface area contributed by atoms with Gasteiger partial charge in [-0.25, -0.2) is 0 Å². The minimum atomic E-state index is -0.103. The van der Waals surface area contributed by atoms with Crippen molar-refractivity contribution in [3.05, 3.63) is 64.7 Å². The maximum Gasteiger partial charge on any atom is 1.00 e. The van der Waals surface area contributed by atoms with Crippen molar-refractivity contribution in [3.8, 4) is 0 Å². The van der Waals surface area contributed by atoms with Gasteiger partial charge in [-0.1, -0.05) is 53.1 Å². The predicted molar refractivity (Wildman–Crippen MR) is 80.8 cm³/mol. The summed E-state index contributed by atoms with van der Waals surface area (Å²) in [6.45, 7) is 6.38. The molecular formula is C16H18NaO2P. The third-order valence-electron chi connectivity index (χ3n) is 2.53. The maximum absolute atomic E-state index is 10.3. The summed E-state index contributed by atoms with van der Waals surface area (Å²) in [4.78, 5) is 10.2. The number of aryl methyl sites for hydroxylation is 3. The Bertz CT molecular complexity index is 511. The average Bonchev–Trinajstić information content (AvgIpc) is 2.37. The van der Waals surface area contributed by atoms with Crippen LogP contribution in [0.2, 0.25) is 0 Å². The number of aldehydes is 1. The third-order valence-corrected chi connectivity index (χ3v) is 3.13. The number of hydrogen-bond donors (Lipinski definition) is 0. The summed E-state index contributed by atoms with van der Waals surface area (Å²) in [7, 11) is -0.103. The van der Waals surface area contributed by atoms with Crippen LogP contribution < -0.4 is 34.9 Å². The van der Waals surface area contributed by atoms with E-state index in [2.05, 4.69) is 39.0 Å². The van der Waals surface area contributed by atoms with Crippen molar-refractivity contribution < 1.29 is 40.3 Å². The van der Waals surface area contributed by atoms with Crippen LogP contribution in [0.5, 0.6) is 0 Å². The van der Waals surface area contributed by atoms with Gasteiger partial charge in [-0.05, 0) is 26.8 Å². The van der Waals surface area contributed by atoms with Crippen molar-refractivity contribution in [2.75, 3.05) is 0 Å². The molecule has 0 bridgehead atoms. The first-order valence-electron chi connectivity index (χ1n) is 5.99. The molecule has 2 aromatic rings. The van der Waals surface area contributed by atoms with E-state index in [1.807, 2.05) is 0 Å². The summed E-state index contributed by atoms with van der Waals surface area (Å²) in [5.74, 6) is 0. The Kier molecular flexibility index (Phi) is 9.62. The van der Waals surface area contributed by atoms with Crippen molar-refractivity contribution in [2.24, 2.45) is 0 Å². The van der Waals surface area contributed by atoms with E-state index >= 15 is 0 Å². The van der Waals surface area contributed by atoms with E-state index in [4.69, 9.17) is 0 Å². The molecule has 20 heavy (non-hydrogen) atoms. The molecule has 0 unspecified atom stereocenters. The number of hydrogen-bond acceptors (Lipinski definition) is 2. The molecule has 0 atom stereocenters. The normalized spacial score (nSPS) is 9.15. The monoisotopic (exact) mass is 296 g/mol. The average molecular weight is 296 g/mol. The van der Waals surface area contributed by atoms with Crippen LogP contribution in [0.4, 0.5) is 0 Å². The number of benzene rings is 2. The molecule has 2 aromatic carbocycles. The summed E-state index contributed by atoms with van der Waals surface area (Å²) >= 11 is 0. The summed E-state index contributed by atoms with van der Waals surface area (Å²) in [5, 5.41) is 0.539. The third kappa shape index (κ3) is 6.58. The molecule has 0 heterocycles. The second kappa shape index (κ2) is 10.0. The van der Waals surface area contributed by atoms with Crippen LogP contribution in [-0.4, -0.2) is 6.29 Å². The van der Waals surface area contributed by atoms with Crippen LogP contribution in [-0.2, 0) is 4.57 Å². The molecule has 0 amide bonds. The Morgan fingerprint density at radius 1 is 0.950 bits per heavy atom. The summed E-state index contributed by atoms with van der Waals surface area (Å²) in [5.41, 5.74) is 4.55. The van der Waals surface area contributed by atoms with Crippen LogP contribution in [0, 0.1) is 20.8 Å². The Hall–Kier alpha value is -0.790. The smallest absolute Gasteiger partial charge is 1.00 e. The zero-order valence-corrected chi connectivity index (χ0v) is 15.3. The molecule has 0 N–H and O–H groups in total. The molecular weight excluding hydrogens is 278 g/mol. The SMILES string of the molecule is Cc1cc(C)cc(C)c1.O=Cc1ccccc1P=O.[H-].[Na+].